The normalized spacial score (nSPS) is 13.4. The number of nitro groups is 1. The van der Waals surface area contributed by atoms with Gasteiger partial charge >= 0.3 is 0 Å². The van der Waals surface area contributed by atoms with Crippen LogP contribution < -0.4 is 15.5 Å². The van der Waals surface area contributed by atoms with Crippen LogP contribution in [-0.4, -0.2) is 35.4 Å². The van der Waals surface area contributed by atoms with Crippen LogP contribution in [0.15, 0.2) is 42.6 Å². The zero-order valence-corrected chi connectivity index (χ0v) is 15.1. The number of amides is 1. The number of pyridine rings is 1. The van der Waals surface area contributed by atoms with Gasteiger partial charge in [-0.3, -0.25) is 14.9 Å². The second-order valence-electron chi connectivity index (χ2n) is 6.45. The molecule has 3 rings (SSSR count). The molecule has 0 unspecified atom stereocenters. The lowest BCUT2D eigenvalue weighted by Gasteiger charge is -2.16. The van der Waals surface area contributed by atoms with E-state index in [-0.39, 0.29) is 18.0 Å². The lowest BCUT2D eigenvalue weighted by molar-refractivity contribution is -0.384. The molecule has 1 aromatic carbocycles. The number of para-hydroxylation sites is 2. The molecule has 0 bridgehead atoms. The Morgan fingerprint density at radius 2 is 1.96 bits per heavy atom. The molecular formula is C19H23N5O3. The van der Waals surface area contributed by atoms with Crippen molar-refractivity contribution in [3.63, 3.8) is 0 Å². The van der Waals surface area contributed by atoms with Gasteiger partial charge in [0.1, 0.15) is 11.5 Å². The number of hydrogen-bond donors (Lipinski definition) is 2. The maximum Gasteiger partial charge on any atom is 0.292 e. The van der Waals surface area contributed by atoms with Crippen molar-refractivity contribution < 1.29 is 9.72 Å². The minimum atomic E-state index is -0.443. The van der Waals surface area contributed by atoms with Crippen molar-refractivity contribution in [1.29, 1.82) is 0 Å². The van der Waals surface area contributed by atoms with Crippen molar-refractivity contribution in [1.82, 2.24) is 10.3 Å². The number of hydrogen-bond acceptors (Lipinski definition) is 6. The molecule has 1 aromatic heterocycles. The van der Waals surface area contributed by atoms with Gasteiger partial charge in [0.05, 0.1) is 4.92 Å². The number of nitro benzene ring substituents is 1. The first-order valence-electron chi connectivity index (χ1n) is 9.07. The first-order valence-corrected chi connectivity index (χ1v) is 9.07. The van der Waals surface area contributed by atoms with E-state index in [0.717, 1.165) is 24.5 Å². The van der Waals surface area contributed by atoms with Crippen LogP contribution in [0.25, 0.3) is 0 Å². The van der Waals surface area contributed by atoms with Gasteiger partial charge in [0.25, 0.3) is 5.69 Å². The fourth-order valence-corrected chi connectivity index (χ4v) is 3.04. The molecule has 1 aliphatic rings. The summed E-state index contributed by atoms with van der Waals surface area (Å²) in [6.45, 7) is 2.84. The van der Waals surface area contributed by atoms with Crippen molar-refractivity contribution in [2.75, 3.05) is 29.9 Å². The molecule has 2 aromatic rings. The Kier molecular flexibility index (Phi) is 6.19. The Balaban J connectivity index is 1.41. The quantitative estimate of drug-likeness (QED) is 0.548. The van der Waals surface area contributed by atoms with Crippen LogP contribution in [0.4, 0.5) is 17.2 Å². The summed E-state index contributed by atoms with van der Waals surface area (Å²) >= 11 is 0. The number of anilines is 2. The molecule has 1 saturated heterocycles. The number of nitrogens with zero attached hydrogens (tertiary/aromatic N) is 3. The van der Waals surface area contributed by atoms with Crippen molar-refractivity contribution in [2.45, 2.75) is 25.8 Å². The average Bonchev–Trinajstić information content (AvgIpc) is 3.22. The van der Waals surface area contributed by atoms with Crippen LogP contribution in [-0.2, 0) is 11.3 Å². The van der Waals surface area contributed by atoms with Crippen molar-refractivity contribution in [2.24, 2.45) is 0 Å². The van der Waals surface area contributed by atoms with Crippen LogP contribution in [0.1, 0.15) is 24.8 Å². The Labute approximate surface area is 157 Å². The Hall–Kier alpha value is -3.16. The molecule has 2 heterocycles. The smallest absolute Gasteiger partial charge is 0.292 e. The van der Waals surface area contributed by atoms with E-state index in [1.807, 2.05) is 12.1 Å². The SMILES string of the molecule is O=C(CCNc1ccccc1[N+](=O)[O-])NCc1ccc(N2CCCC2)nc1. The van der Waals surface area contributed by atoms with Crippen LogP contribution in [0.3, 0.4) is 0 Å². The zero-order chi connectivity index (χ0) is 19.1. The largest absolute Gasteiger partial charge is 0.379 e. The third kappa shape index (κ3) is 5.16. The molecule has 0 saturated carbocycles. The summed E-state index contributed by atoms with van der Waals surface area (Å²) in [7, 11) is 0. The summed E-state index contributed by atoms with van der Waals surface area (Å²) in [6.07, 6.45) is 4.43. The first-order chi connectivity index (χ1) is 13.1. The van der Waals surface area contributed by atoms with Gasteiger partial charge in [-0.1, -0.05) is 18.2 Å². The number of carbonyl (C=O) groups excluding carboxylic acids is 1. The van der Waals surface area contributed by atoms with E-state index < -0.39 is 4.92 Å². The molecule has 0 radical (unpaired) electrons. The summed E-state index contributed by atoms with van der Waals surface area (Å²) < 4.78 is 0. The van der Waals surface area contributed by atoms with Gasteiger partial charge in [0, 0.05) is 44.9 Å². The van der Waals surface area contributed by atoms with E-state index in [4.69, 9.17) is 0 Å². The van der Waals surface area contributed by atoms with Crippen molar-refractivity contribution in [3.8, 4) is 0 Å². The van der Waals surface area contributed by atoms with E-state index in [1.54, 1.807) is 24.4 Å². The Bertz CT molecular complexity index is 788. The van der Waals surface area contributed by atoms with E-state index in [9.17, 15) is 14.9 Å². The van der Waals surface area contributed by atoms with Crippen LogP contribution in [0, 0.1) is 10.1 Å². The maximum absolute atomic E-state index is 12.0. The monoisotopic (exact) mass is 369 g/mol. The lowest BCUT2D eigenvalue weighted by Crippen LogP contribution is -2.25. The number of rotatable bonds is 8. The standard InChI is InChI=1S/C19H23N5O3/c25-19(9-10-20-16-5-1-2-6-17(16)24(26)27)22-14-15-7-8-18(21-13-15)23-11-3-4-12-23/h1-2,5-8,13,20H,3-4,9-12,14H2,(H,22,25). The molecule has 0 spiro atoms. The fourth-order valence-electron chi connectivity index (χ4n) is 3.04. The molecule has 0 atom stereocenters. The second kappa shape index (κ2) is 8.98. The Morgan fingerprint density at radius 3 is 2.67 bits per heavy atom. The highest BCUT2D eigenvalue weighted by atomic mass is 16.6. The average molecular weight is 369 g/mol. The Morgan fingerprint density at radius 1 is 1.19 bits per heavy atom. The van der Waals surface area contributed by atoms with Gasteiger partial charge in [0.2, 0.25) is 5.91 Å². The minimum Gasteiger partial charge on any atom is -0.379 e. The highest BCUT2D eigenvalue weighted by Gasteiger charge is 2.14. The van der Waals surface area contributed by atoms with E-state index >= 15 is 0 Å². The van der Waals surface area contributed by atoms with E-state index in [0.29, 0.717) is 18.8 Å². The molecule has 27 heavy (non-hydrogen) atoms. The van der Waals surface area contributed by atoms with Crippen LogP contribution in [0.5, 0.6) is 0 Å². The predicted molar refractivity (Wildman–Crippen MR) is 104 cm³/mol. The summed E-state index contributed by atoms with van der Waals surface area (Å²) in [5, 5.41) is 16.8. The summed E-state index contributed by atoms with van der Waals surface area (Å²) in [5.41, 5.74) is 1.36. The second-order valence-corrected chi connectivity index (χ2v) is 6.45. The summed E-state index contributed by atoms with van der Waals surface area (Å²) in [6, 6.07) is 10.4. The van der Waals surface area contributed by atoms with Crippen LogP contribution in [0.2, 0.25) is 0 Å². The van der Waals surface area contributed by atoms with Crippen molar-refractivity contribution in [3.05, 3.63) is 58.3 Å². The first kappa shape index (κ1) is 18.6. The molecule has 0 aliphatic carbocycles. The van der Waals surface area contributed by atoms with Gasteiger partial charge in [-0.05, 0) is 30.5 Å². The maximum atomic E-state index is 12.0. The summed E-state index contributed by atoms with van der Waals surface area (Å²) in [4.78, 5) is 29.2. The van der Waals surface area contributed by atoms with E-state index in [2.05, 4.69) is 20.5 Å². The number of aromatic nitrogens is 1. The topological polar surface area (TPSA) is 100 Å². The molecule has 2 N–H and O–H groups in total. The molecule has 1 fully saturated rings. The van der Waals surface area contributed by atoms with Crippen LogP contribution >= 0.6 is 0 Å². The predicted octanol–water partition coefficient (Wildman–Crippen LogP) is 2.71. The van der Waals surface area contributed by atoms with Crippen molar-refractivity contribution >= 4 is 23.1 Å². The number of benzene rings is 1. The number of nitrogens with one attached hydrogen (secondary N) is 2. The third-order valence-electron chi connectivity index (χ3n) is 4.50. The highest BCUT2D eigenvalue weighted by Crippen LogP contribution is 2.22. The lowest BCUT2D eigenvalue weighted by atomic mass is 10.2. The van der Waals surface area contributed by atoms with Gasteiger partial charge in [0.15, 0.2) is 0 Å². The number of carbonyl (C=O) groups is 1. The zero-order valence-electron chi connectivity index (χ0n) is 15.1. The van der Waals surface area contributed by atoms with Gasteiger partial charge in [-0.25, -0.2) is 4.98 Å². The molecule has 1 amide bonds. The molecular weight excluding hydrogens is 346 g/mol. The van der Waals surface area contributed by atoms with E-state index in [1.165, 1.54) is 18.9 Å². The van der Waals surface area contributed by atoms with Gasteiger partial charge in [-0.2, -0.15) is 0 Å². The third-order valence-corrected chi connectivity index (χ3v) is 4.50. The molecule has 142 valence electrons. The molecule has 8 nitrogen and oxygen atoms in total. The fraction of sp³-hybridized carbons (Fsp3) is 0.368. The summed E-state index contributed by atoms with van der Waals surface area (Å²) in [5.74, 6) is 0.862. The molecule has 8 heteroatoms. The van der Waals surface area contributed by atoms with Gasteiger partial charge < -0.3 is 15.5 Å². The van der Waals surface area contributed by atoms with Gasteiger partial charge in [-0.15, -0.1) is 0 Å². The highest BCUT2D eigenvalue weighted by molar-refractivity contribution is 5.76. The minimum absolute atomic E-state index is 0.00192. The molecule has 1 aliphatic heterocycles.